The first-order valence-electron chi connectivity index (χ1n) is 9.26. The molecule has 5 heteroatoms. The van der Waals surface area contributed by atoms with E-state index >= 15 is 0 Å². The van der Waals surface area contributed by atoms with Gasteiger partial charge in [-0.3, -0.25) is 9.69 Å². The minimum atomic E-state index is -0.103. The van der Waals surface area contributed by atoms with Crippen LogP contribution in [0.15, 0.2) is 55.1 Å². The lowest BCUT2D eigenvalue weighted by Crippen LogP contribution is -2.35. The topological polar surface area (TPSA) is 42.4 Å². The van der Waals surface area contributed by atoms with Crippen molar-refractivity contribution in [1.82, 2.24) is 4.98 Å². The fourth-order valence-corrected chi connectivity index (χ4v) is 4.52. The third-order valence-corrected chi connectivity index (χ3v) is 5.94. The van der Waals surface area contributed by atoms with Gasteiger partial charge in [-0.25, -0.2) is 4.98 Å². The van der Waals surface area contributed by atoms with Gasteiger partial charge in [0.05, 0.1) is 5.69 Å². The van der Waals surface area contributed by atoms with Crippen molar-refractivity contribution in [3.63, 3.8) is 0 Å². The molecule has 1 aliphatic rings. The molecule has 1 amide bonds. The quantitative estimate of drug-likeness (QED) is 0.580. The van der Waals surface area contributed by atoms with Crippen molar-refractivity contribution >= 4 is 33.1 Å². The summed E-state index contributed by atoms with van der Waals surface area (Å²) >= 11 is 1.63. The van der Waals surface area contributed by atoms with E-state index in [1.165, 1.54) is 17.7 Å². The average Bonchev–Trinajstić information content (AvgIpc) is 3.14. The number of fused-ring (bicyclic) bond motifs is 2. The first-order chi connectivity index (χ1) is 13.2. The second-order valence-electron chi connectivity index (χ2n) is 6.66. The molecule has 0 atom stereocenters. The first-order valence-corrected chi connectivity index (χ1v) is 10.1. The number of aryl methyl sites for hydroxylation is 2. The molecule has 2 aromatic carbocycles. The van der Waals surface area contributed by atoms with Gasteiger partial charge < -0.3 is 4.74 Å². The predicted octanol–water partition coefficient (Wildman–Crippen LogP) is 4.77. The highest BCUT2D eigenvalue weighted by Crippen LogP contribution is 2.32. The Balaban J connectivity index is 1.48. The summed E-state index contributed by atoms with van der Waals surface area (Å²) in [5.41, 5.74) is 1.15. The fourth-order valence-electron chi connectivity index (χ4n) is 3.35. The van der Waals surface area contributed by atoms with Crippen molar-refractivity contribution in [2.45, 2.75) is 25.7 Å². The van der Waals surface area contributed by atoms with Gasteiger partial charge in [-0.05, 0) is 48.6 Å². The average molecular weight is 378 g/mol. The molecular weight excluding hydrogens is 356 g/mol. The van der Waals surface area contributed by atoms with Crippen molar-refractivity contribution in [3.8, 4) is 5.75 Å². The molecule has 138 valence electrons. The van der Waals surface area contributed by atoms with Gasteiger partial charge in [0.2, 0.25) is 0 Å². The van der Waals surface area contributed by atoms with Crippen molar-refractivity contribution in [3.05, 3.63) is 65.7 Å². The standard InChI is InChI=1S/C22H22N2O2S/c1-2-13-24(22-23-19-9-5-6-10-20(19)27-22)21(25)15-26-18-12-11-16-7-3-4-8-17(16)14-18/h2-4,7-8,11-12,14H,1,5-6,9-10,13,15H2. The lowest BCUT2D eigenvalue weighted by molar-refractivity contribution is -0.120. The van der Waals surface area contributed by atoms with E-state index in [2.05, 4.69) is 12.6 Å². The Morgan fingerprint density at radius 2 is 2.00 bits per heavy atom. The maximum atomic E-state index is 12.8. The lowest BCUT2D eigenvalue weighted by Gasteiger charge is -2.18. The summed E-state index contributed by atoms with van der Waals surface area (Å²) in [7, 11) is 0. The zero-order valence-corrected chi connectivity index (χ0v) is 16.0. The molecular formula is C22H22N2O2S. The van der Waals surface area contributed by atoms with Gasteiger partial charge in [0, 0.05) is 11.4 Å². The zero-order valence-electron chi connectivity index (χ0n) is 15.2. The number of ether oxygens (including phenoxy) is 1. The van der Waals surface area contributed by atoms with Crippen molar-refractivity contribution in [1.29, 1.82) is 0 Å². The van der Waals surface area contributed by atoms with Gasteiger partial charge in [-0.2, -0.15) is 0 Å². The Labute approximate surface area is 163 Å². The van der Waals surface area contributed by atoms with Gasteiger partial charge in [0.1, 0.15) is 5.75 Å². The van der Waals surface area contributed by atoms with E-state index in [0.29, 0.717) is 12.3 Å². The Hall–Kier alpha value is -2.66. The van der Waals surface area contributed by atoms with E-state index in [0.717, 1.165) is 34.4 Å². The van der Waals surface area contributed by atoms with Crippen LogP contribution in [0.1, 0.15) is 23.4 Å². The number of hydrogen-bond donors (Lipinski definition) is 0. The van der Waals surface area contributed by atoms with Crippen LogP contribution in [0.2, 0.25) is 0 Å². The second kappa shape index (κ2) is 7.92. The Morgan fingerprint density at radius 1 is 1.19 bits per heavy atom. The van der Waals surface area contributed by atoms with Crippen LogP contribution in [0.3, 0.4) is 0 Å². The van der Waals surface area contributed by atoms with Crippen LogP contribution in [0.5, 0.6) is 5.75 Å². The number of nitrogens with zero attached hydrogens (tertiary/aromatic N) is 2. The molecule has 0 radical (unpaired) electrons. The zero-order chi connectivity index (χ0) is 18.6. The van der Waals surface area contributed by atoms with Crippen molar-refractivity contribution in [2.24, 2.45) is 0 Å². The van der Waals surface area contributed by atoms with E-state index in [9.17, 15) is 4.79 Å². The number of thiazole rings is 1. The van der Waals surface area contributed by atoms with Crippen LogP contribution in [0.25, 0.3) is 10.8 Å². The summed E-state index contributed by atoms with van der Waals surface area (Å²) in [5, 5.41) is 3.00. The van der Waals surface area contributed by atoms with Crippen LogP contribution in [-0.4, -0.2) is 24.0 Å². The van der Waals surface area contributed by atoms with Crippen LogP contribution in [-0.2, 0) is 17.6 Å². The van der Waals surface area contributed by atoms with Gasteiger partial charge in [-0.15, -0.1) is 17.9 Å². The number of hydrogen-bond acceptors (Lipinski definition) is 4. The highest BCUT2D eigenvalue weighted by molar-refractivity contribution is 7.16. The van der Waals surface area contributed by atoms with E-state index in [1.54, 1.807) is 22.3 Å². The van der Waals surface area contributed by atoms with Gasteiger partial charge in [-0.1, -0.05) is 36.4 Å². The Bertz CT molecular complexity index is 956. The largest absolute Gasteiger partial charge is 0.484 e. The summed E-state index contributed by atoms with van der Waals surface area (Å²) in [6, 6.07) is 14.0. The smallest absolute Gasteiger partial charge is 0.266 e. The number of carbonyl (C=O) groups excluding carboxylic acids is 1. The Morgan fingerprint density at radius 3 is 2.81 bits per heavy atom. The number of benzene rings is 2. The van der Waals surface area contributed by atoms with Gasteiger partial charge >= 0.3 is 0 Å². The third-order valence-electron chi connectivity index (χ3n) is 4.76. The summed E-state index contributed by atoms with van der Waals surface area (Å²) in [5.74, 6) is 0.591. The van der Waals surface area contributed by atoms with Crippen molar-refractivity contribution < 1.29 is 9.53 Å². The molecule has 0 aliphatic heterocycles. The molecule has 0 saturated heterocycles. The predicted molar refractivity (Wildman–Crippen MR) is 111 cm³/mol. The first kappa shape index (κ1) is 17.7. The Kier molecular flexibility index (Phi) is 5.21. The molecule has 27 heavy (non-hydrogen) atoms. The van der Waals surface area contributed by atoms with Crippen LogP contribution in [0, 0.1) is 0 Å². The minimum Gasteiger partial charge on any atom is -0.484 e. The lowest BCUT2D eigenvalue weighted by atomic mass is 10.0. The van der Waals surface area contributed by atoms with E-state index in [-0.39, 0.29) is 12.5 Å². The molecule has 4 nitrogen and oxygen atoms in total. The summed E-state index contributed by atoms with van der Waals surface area (Å²) in [4.78, 5) is 20.5. The third kappa shape index (κ3) is 3.88. The normalized spacial score (nSPS) is 13.2. The molecule has 4 rings (SSSR count). The summed E-state index contributed by atoms with van der Waals surface area (Å²) in [6.07, 6.45) is 6.19. The fraction of sp³-hybridized carbons (Fsp3) is 0.273. The number of rotatable bonds is 6. The van der Waals surface area contributed by atoms with Gasteiger partial charge in [0.15, 0.2) is 11.7 Å². The molecule has 0 bridgehead atoms. The number of aromatic nitrogens is 1. The SMILES string of the molecule is C=CCN(C(=O)COc1ccc2ccccc2c1)c1nc2c(s1)CCCC2. The molecule has 0 fully saturated rings. The molecule has 1 heterocycles. The van der Waals surface area contributed by atoms with E-state index in [1.807, 2.05) is 36.4 Å². The molecule has 1 aromatic heterocycles. The maximum Gasteiger partial charge on any atom is 0.266 e. The van der Waals surface area contributed by atoms with E-state index in [4.69, 9.17) is 9.72 Å². The van der Waals surface area contributed by atoms with Crippen LogP contribution >= 0.6 is 11.3 Å². The summed E-state index contributed by atoms with van der Waals surface area (Å²) < 4.78 is 5.78. The molecule has 0 unspecified atom stereocenters. The molecule has 0 N–H and O–H groups in total. The van der Waals surface area contributed by atoms with Crippen LogP contribution < -0.4 is 9.64 Å². The highest BCUT2D eigenvalue weighted by atomic mass is 32.1. The second-order valence-corrected chi connectivity index (χ2v) is 7.73. The molecule has 0 saturated carbocycles. The number of anilines is 1. The molecule has 3 aromatic rings. The molecule has 1 aliphatic carbocycles. The number of carbonyl (C=O) groups is 1. The molecule has 0 spiro atoms. The van der Waals surface area contributed by atoms with Crippen molar-refractivity contribution in [2.75, 3.05) is 18.1 Å². The maximum absolute atomic E-state index is 12.8. The highest BCUT2D eigenvalue weighted by Gasteiger charge is 2.22. The number of amides is 1. The van der Waals surface area contributed by atoms with Crippen LogP contribution in [0.4, 0.5) is 5.13 Å². The summed E-state index contributed by atoms with van der Waals surface area (Å²) in [6.45, 7) is 4.20. The minimum absolute atomic E-state index is 0.0174. The van der Waals surface area contributed by atoms with Gasteiger partial charge in [0.25, 0.3) is 5.91 Å². The van der Waals surface area contributed by atoms with E-state index < -0.39 is 0 Å². The monoisotopic (exact) mass is 378 g/mol.